The van der Waals surface area contributed by atoms with Crippen LogP contribution in [0.5, 0.6) is 0 Å². The second kappa shape index (κ2) is 9.56. The number of carbonyl (C=O) groups is 1. The Kier molecular flexibility index (Phi) is 7.36. The highest BCUT2D eigenvalue weighted by atomic mass is 16.4. The lowest BCUT2D eigenvalue weighted by molar-refractivity contribution is -0.108. The number of nitrogens with zero attached hydrogens (tertiary/aromatic N) is 1. The molecule has 3 aliphatic carbocycles. The summed E-state index contributed by atoms with van der Waals surface area (Å²) in [6.07, 6.45) is 16.6. The van der Waals surface area contributed by atoms with Crippen molar-refractivity contribution in [3.8, 4) is 0 Å². The molecule has 3 aliphatic rings. The lowest BCUT2D eigenvalue weighted by Gasteiger charge is -2.59. The Morgan fingerprint density at radius 1 is 1.29 bits per heavy atom. The van der Waals surface area contributed by atoms with Gasteiger partial charge in [0, 0.05) is 12.3 Å². The Morgan fingerprint density at radius 2 is 2.11 bits per heavy atom. The topological polar surface area (TPSA) is 75.7 Å². The number of allylic oxidation sites excluding steroid dienone is 2. The molecule has 0 heterocycles. The summed E-state index contributed by atoms with van der Waals surface area (Å²) in [5, 5.41) is 13.8. The van der Waals surface area contributed by atoms with E-state index < -0.39 is 0 Å². The highest BCUT2D eigenvalue weighted by Gasteiger charge is 2.56. The van der Waals surface area contributed by atoms with Crippen LogP contribution in [0.25, 0.3) is 0 Å². The van der Waals surface area contributed by atoms with E-state index in [-0.39, 0.29) is 5.41 Å². The molecule has 0 aromatic rings. The molecular formula is C24H40N2O2. The maximum absolute atomic E-state index is 11.0. The van der Waals surface area contributed by atoms with Crippen LogP contribution in [-0.2, 0) is 4.79 Å². The summed E-state index contributed by atoms with van der Waals surface area (Å²) in [5.41, 5.74) is 6.88. The predicted octanol–water partition coefficient (Wildman–Crippen LogP) is 5.20. The summed E-state index contributed by atoms with van der Waals surface area (Å²) < 4.78 is 0. The van der Waals surface area contributed by atoms with E-state index in [0.29, 0.717) is 41.9 Å². The van der Waals surface area contributed by atoms with Gasteiger partial charge in [0.25, 0.3) is 0 Å². The summed E-state index contributed by atoms with van der Waals surface area (Å²) in [4.78, 5) is 11.0. The van der Waals surface area contributed by atoms with Crippen LogP contribution >= 0.6 is 0 Å². The summed E-state index contributed by atoms with van der Waals surface area (Å²) >= 11 is 0. The number of unbranched alkanes of at least 4 members (excludes halogenated alkanes) is 1. The first kappa shape index (κ1) is 21.5. The zero-order valence-corrected chi connectivity index (χ0v) is 17.9. The van der Waals surface area contributed by atoms with Gasteiger partial charge in [0.1, 0.15) is 6.29 Å². The van der Waals surface area contributed by atoms with Crippen LogP contribution in [0.15, 0.2) is 17.3 Å². The fourth-order valence-corrected chi connectivity index (χ4v) is 6.98. The van der Waals surface area contributed by atoms with Crippen molar-refractivity contribution in [3.05, 3.63) is 12.2 Å². The smallest absolute Gasteiger partial charge is 0.120 e. The first-order valence-corrected chi connectivity index (χ1v) is 11.6. The molecule has 3 fully saturated rings. The molecule has 3 rings (SSSR count). The average Bonchev–Trinajstić information content (AvgIpc) is 2.70. The van der Waals surface area contributed by atoms with Crippen LogP contribution < -0.4 is 5.73 Å². The van der Waals surface area contributed by atoms with Gasteiger partial charge in [-0.05, 0) is 92.9 Å². The normalized spacial score (nSPS) is 42.3. The molecule has 0 aliphatic heterocycles. The Labute approximate surface area is 171 Å². The molecule has 0 radical (unpaired) electrons. The largest absolute Gasteiger partial charge is 0.411 e. The number of hydrogen-bond acceptors (Lipinski definition) is 4. The number of rotatable bonds is 7. The monoisotopic (exact) mass is 388 g/mol. The fourth-order valence-electron chi connectivity index (χ4n) is 6.98. The maximum Gasteiger partial charge on any atom is 0.120 e. The number of hydrogen-bond donors (Lipinski definition) is 2. The summed E-state index contributed by atoms with van der Waals surface area (Å²) in [5.74, 6) is 3.54. The molecule has 0 amide bonds. The lowest BCUT2D eigenvalue weighted by atomic mass is 9.45. The molecule has 7 atom stereocenters. The molecule has 28 heavy (non-hydrogen) atoms. The molecule has 4 nitrogen and oxygen atoms in total. The minimum Gasteiger partial charge on any atom is -0.411 e. The van der Waals surface area contributed by atoms with Crippen molar-refractivity contribution < 1.29 is 10.0 Å². The van der Waals surface area contributed by atoms with E-state index in [1.165, 1.54) is 25.7 Å². The van der Waals surface area contributed by atoms with E-state index in [4.69, 9.17) is 5.73 Å². The van der Waals surface area contributed by atoms with Crippen LogP contribution in [0.4, 0.5) is 0 Å². The minimum atomic E-state index is 0.242. The van der Waals surface area contributed by atoms with Crippen molar-refractivity contribution in [2.75, 3.05) is 6.54 Å². The van der Waals surface area contributed by atoms with Gasteiger partial charge < -0.3 is 15.7 Å². The molecule has 4 heteroatoms. The maximum atomic E-state index is 11.0. The average molecular weight is 389 g/mol. The van der Waals surface area contributed by atoms with Crippen LogP contribution in [-0.4, -0.2) is 23.7 Å². The van der Waals surface area contributed by atoms with Gasteiger partial charge in [-0.2, -0.15) is 0 Å². The molecule has 3 N–H and O–H groups in total. The molecule has 0 bridgehead atoms. The van der Waals surface area contributed by atoms with E-state index in [1.807, 2.05) is 0 Å². The van der Waals surface area contributed by atoms with Crippen molar-refractivity contribution in [3.63, 3.8) is 0 Å². The SMILES string of the molecule is C[C@@H]1CCC2C(C/C(=N\O)[C@H]3CC(C=CCCCN)CC[C@]23C)C1CCC=O. The molecular weight excluding hydrogens is 348 g/mol. The van der Waals surface area contributed by atoms with Crippen molar-refractivity contribution >= 4 is 12.0 Å². The number of nitrogens with two attached hydrogens (primary N) is 1. The van der Waals surface area contributed by atoms with Crippen LogP contribution in [0.3, 0.4) is 0 Å². The van der Waals surface area contributed by atoms with Gasteiger partial charge in [0.05, 0.1) is 5.71 Å². The van der Waals surface area contributed by atoms with Crippen molar-refractivity contribution in [2.24, 2.45) is 51.8 Å². The van der Waals surface area contributed by atoms with E-state index in [2.05, 4.69) is 31.2 Å². The highest BCUT2D eigenvalue weighted by molar-refractivity contribution is 5.88. The van der Waals surface area contributed by atoms with Crippen LogP contribution in [0, 0.1) is 40.9 Å². The van der Waals surface area contributed by atoms with E-state index >= 15 is 0 Å². The number of carbonyl (C=O) groups excluding carboxylic acids is 1. The zero-order valence-electron chi connectivity index (χ0n) is 17.9. The molecule has 158 valence electrons. The Bertz CT molecular complexity index is 587. The van der Waals surface area contributed by atoms with Gasteiger partial charge in [-0.3, -0.25) is 0 Å². The molecule has 4 unspecified atom stereocenters. The van der Waals surface area contributed by atoms with Crippen LogP contribution in [0.1, 0.15) is 78.1 Å². The van der Waals surface area contributed by atoms with Gasteiger partial charge >= 0.3 is 0 Å². The van der Waals surface area contributed by atoms with Crippen molar-refractivity contribution in [1.29, 1.82) is 0 Å². The quantitative estimate of drug-likeness (QED) is 0.207. The minimum absolute atomic E-state index is 0.242. The third-order valence-corrected chi connectivity index (χ3v) is 8.54. The first-order valence-electron chi connectivity index (χ1n) is 11.6. The van der Waals surface area contributed by atoms with Crippen molar-refractivity contribution in [2.45, 2.75) is 78.1 Å². The Balaban J connectivity index is 1.78. The lowest BCUT2D eigenvalue weighted by Crippen LogP contribution is -2.54. The second-order valence-electron chi connectivity index (χ2n) is 9.98. The third kappa shape index (κ3) is 4.22. The second-order valence-corrected chi connectivity index (χ2v) is 9.98. The molecule has 3 saturated carbocycles. The molecule has 0 spiro atoms. The standard InChI is InChI=1S/C24H40N2O2/c1-17-9-10-21-20(19(17)8-6-14-27)16-23(26-28)22-15-18(7-4-3-5-13-25)11-12-24(21,22)2/h4,7,14,17-22,28H,3,5-6,8-13,15-16,25H2,1-2H3/b7-4?,26-23+/t17-,18?,19?,20?,21?,22-,24-/m1/s1. The molecule has 0 aromatic carbocycles. The first-order chi connectivity index (χ1) is 13.5. The summed E-state index contributed by atoms with van der Waals surface area (Å²) in [6.45, 7) is 5.59. The van der Waals surface area contributed by atoms with Gasteiger partial charge in [-0.15, -0.1) is 0 Å². The van der Waals surface area contributed by atoms with Gasteiger partial charge in [-0.25, -0.2) is 0 Å². The number of fused-ring (bicyclic) bond motifs is 3. The Morgan fingerprint density at radius 3 is 2.82 bits per heavy atom. The number of aldehydes is 1. The van der Waals surface area contributed by atoms with Crippen molar-refractivity contribution in [1.82, 2.24) is 0 Å². The third-order valence-electron chi connectivity index (χ3n) is 8.54. The van der Waals surface area contributed by atoms with Gasteiger partial charge in [-0.1, -0.05) is 37.6 Å². The van der Waals surface area contributed by atoms with E-state index in [0.717, 1.165) is 50.6 Å². The summed E-state index contributed by atoms with van der Waals surface area (Å²) in [7, 11) is 0. The van der Waals surface area contributed by atoms with Crippen LogP contribution in [0.2, 0.25) is 0 Å². The van der Waals surface area contributed by atoms with Gasteiger partial charge in [0.15, 0.2) is 0 Å². The molecule has 0 saturated heterocycles. The number of oxime groups is 1. The fraction of sp³-hybridized carbons (Fsp3) is 0.833. The summed E-state index contributed by atoms with van der Waals surface area (Å²) in [6, 6.07) is 0. The van der Waals surface area contributed by atoms with Gasteiger partial charge in [0.2, 0.25) is 0 Å². The van der Waals surface area contributed by atoms with E-state index in [9.17, 15) is 10.0 Å². The Hall–Kier alpha value is -1.16. The highest BCUT2D eigenvalue weighted by Crippen LogP contribution is 2.61. The predicted molar refractivity (Wildman–Crippen MR) is 114 cm³/mol. The van der Waals surface area contributed by atoms with E-state index in [1.54, 1.807) is 0 Å². The zero-order chi connectivity index (χ0) is 20.1. The molecule has 0 aromatic heterocycles.